The number of carbonyl (C=O) groups is 1. The molecule has 0 spiro atoms. The average molecular weight is 346 g/mol. The fourth-order valence-corrected chi connectivity index (χ4v) is 3.28. The molecular formula is C17H15FN2O3S. The van der Waals surface area contributed by atoms with Crippen LogP contribution in [0.15, 0.2) is 42.5 Å². The van der Waals surface area contributed by atoms with Crippen LogP contribution in [0.25, 0.3) is 10.2 Å². The van der Waals surface area contributed by atoms with Crippen LogP contribution >= 0.6 is 11.3 Å². The first-order chi connectivity index (χ1) is 11.6. The van der Waals surface area contributed by atoms with Crippen LogP contribution in [-0.2, 0) is 11.3 Å². The van der Waals surface area contributed by atoms with Gasteiger partial charge in [0.1, 0.15) is 22.6 Å². The van der Waals surface area contributed by atoms with E-state index >= 15 is 0 Å². The fraction of sp³-hybridized carbons (Fsp3) is 0.176. The van der Waals surface area contributed by atoms with Crippen LogP contribution in [0.1, 0.15) is 16.6 Å². The number of carboxylic acid groups (broad SMARTS) is 1. The summed E-state index contributed by atoms with van der Waals surface area (Å²) < 4.78 is 20.0. The molecule has 2 N–H and O–H groups in total. The third kappa shape index (κ3) is 3.37. The highest BCUT2D eigenvalue weighted by molar-refractivity contribution is 7.18. The number of rotatable bonds is 6. The number of halogens is 1. The fourth-order valence-electron chi connectivity index (χ4n) is 2.39. The molecule has 1 atom stereocenters. The SMILES string of the molecule is COc1ccc2sc(CNC(C(=O)O)c3ccccc3F)nc2c1. The Morgan fingerprint density at radius 1 is 1.38 bits per heavy atom. The number of carboxylic acids is 1. The Bertz CT molecular complexity index is 881. The van der Waals surface area contributed by atoms with Gasteiger partial charge in [-0.25, -0.2) is 9.37 Å². The number of aromatic nitrogens is 1. The quantitative estimate of drug-likeness (QED) is 0.716. The highest BCUT2D eigenvalue weighted by Crippen LogP contribution is 2.26. The van der Waals surface area contributed by atoms with Gasteiger partial charge in [-0.2, -0.15) is 0 Å². The second-order valence-electron chi connectivity index (χ2n) is 5.11. The first-order valence-electron chi connectivity index (χ1n) is 7.22. The molecule has 24 heavy (non-hydrogen) atoms. The Kier molecular flexibility index (Phi) is 4.73. The molecule has 2 aromatic carbocycles. The molecule has 0 aliphatic heterocycles. The van der Waals surface area contributed by atoms with Crippen molar-refractivity contribution in [2.45, 2.75) is 12.6 Å². The predicted molar refractivity (Wildman–Crippen MR) is 89.8 cm³/mol. The monoisotopic (exact) mass is 346 g/mol. The van der Waals surface area contributed by atoms with Gasteiger partial charge in [-0.15, -0.1) is 11.3 Å². The molecule has 124 valence electrons. The Hall–Kier alpha value is -2.51. The van der Waals surface area contributed by atoms with Crippen molar-refractivity contribution < 1.29 is 19.0 Å². The highest BCUT2D eigenvalue weighted by atomic mass is 32.1. The molecule has 0 bridgehead atoms. The van der Waals surface area contributed by atoms with Gasteiger partial charge in [-0.3, -0.25) is 10.1 Å². The number of ether oxygens (including phenoxy) is 1. The summed E-state index contributed by atoms with van der Waals surface area (Å²) in [6.45, 7) is 0.229. The van der Waals surface area contributed by atoms with E-state index in [0.29, 0.717) is 5.75 Å². The number of thiazole rings is 1. The van der Waals surface area contributed by atoms with Gasteiger partial charge in [-0.05, 0) is 18.2 Å². The minimum atomic E-state index is -1.14. The molecule has 3 rings (SSSR count). The maximum atomic E-state index is 13.8. The molecule has 5 nitrogen and oxygen atoms in total. The van der Waals surface area contributed by atoms with Gasteiger partial charge in [0.25, 0.3) is 0 Å². The average Bonchev–Trinajstić information content (AvgIpc) is 2.98. The Balaban J connectivity index is 1.80. The van der Waals surface area contributed by atoms with Crippen molar-refractivity contribution in [3.63, 3.8) is 0 Å². The number of fused-ring (bicyclic) bond motifs is 1. The second-order valence-corrected chi connectivity index (χ2v) is 6.23. The van der Waals surface area contributed by atoms with E-state index in [1.165, 1.54) is 29.5 Å². The van der Waals surface area contributed by atoms with Crippen molar-refractivity contribution in [2.24, 2.45) is 0 Å². The minimum absolute atomic E-state index is 0.104. The molecule has 1 heterocycles. The number of nitrogens with zero attached hydrogens (tertiary/aromatic N) is 1. The molecule has 0 aliphatic rings. The normalized spacial score (nSPS) is 12.2. The molecule has 7 heteroatoms. The minimum Gasteiger partial charge on any atom is -0.497 e. The summed E-state index contributed by atoms with van der Waals surface area (Å²) in [7, 11) is 1.59. The summed E-state index contributed by atoms with van der Waals surface area (Å²) in [4.78, 5) is 15.9. The van der Waals surface area contributed by atoms with Gasteiger partial charge < -0.3 is 9.84 Å². The van der Waals surface area contributed by atoms with Crippen LogP contribution in [0.5, 0.6) is 5.75 Å². The smallest absolute Gasteiger partial charge is 0.325 e. The summed E-state index contributed by atoms with van der Waals surface area (Å²) in [5, 5.41) is 13.0. The zero-order valence-electron chi connectivity index (χ0n) is 12.8. The lowest BCUT2D eigenvalue weighted by Crippen LogP contribution is -2.28. The number of hydrogen-bond donors (Lipinski definition) is 2. The van der Waals surface area contributed by atoms with Crippen molar-refractivity contribution in [1.82, 2.24) is 10.3 Å². The maximum Gasteiger partial charge on any atom is 0.325 e. The van der Waals surface area contributed by atoms with E-state index in [4.69, 9.17) is 4.74 Å². The maximum absolute atomic E-state index is 13.8. The van der Waals surface area contributed by atoms with Crippen LogP contribution in [0.2, 0.25) is 0 Å². The number of hydrogen-bond acceptors (Lipinski definition) is 5. The topological polar surface area (TPSA) is 71.5 Å². The molecule has 1 unspecified atom stereocenters. The van der Waals surface area contributed by atoms with Crippen LogP contribution < -0.4 is 10.1 Å². The van der Waals surface area contributed by atoms with Crippen LogP contribution in [0, 0.1) is 5.82 Å². The lowest BCUT2D eigenvalue weighted by atomic mass is 10.1. The zero-order valence-corrected chi connectivity index (χ0v) is 13.6. The molecule has 0 fully saturated rings. The summed E-state index contributed by atoms with van der Waals surface area (Å²) in [6.07, 6.45) is 0. The lowest BCUT2D eigenvalue weighted by molar-refractivity contribution is -0.139. The van der Waals surface area contributed by atoms with Gasteiger partial charge in [0, 0.05) is 18.2 Å². The zero-order chi connectivity index (χ0) is 17.1. The van der Waals surface area contributed by atoms with Crippen LogP contribution in [-0.4, -0.2) is 23.2 Å². The van der Waals surface area contributed by atoms with E-state index < -0.39 is 17.8 Å². The van der Waals surface area contributed by atoms with Gasteiger partial charge in [0.05, 0.1) is 17.3 Å². The summed E-state index contributed by atoms with van der Waals surface area (Å²) >= 11 is 1.45. The van der Waals surface area contributed by atoms with Crippen molar-refractivity contribution in [3.05, 3.63) is 58.9 Å². The molecule has 0 saturated carbocycles. The molecular weight excluding hydrogens is 331 g/mol. The molecule has 0 saturated heterocycles. The van der Waals surface area contributed by atoms with Crippen molar-refractivity contribution in [3.8, 4) is 5.75 Å². The largest absolute Gasteiger partial charge is 0.497 e. The lowest BCUT2D eigenvalue weighted by Gasteiger charge is -2.14. The second kappa shape index (κ2) is 6.94. The Labute approximate surface area is 141 Å². The summed E-state index contributed by atoms with van der Waals surface area (Å²) in [5.41, 5.74) is 0.890. The molecule has 3 aromatic rings. The van der Waals surface area contributed by atoms with E-state index in [9.17, 15) is 14.3 Å². The number of methoxy groups -OCH3 is 1. The third-order valence-corrected chi connectivity index (χ3v) is 4.60. The molecule has 0 aliphatic carbocycles. The van der Waals surface area contributed by atoms with E-state index in [1.54, 1.807) is 13.2 Å². The molecule has 0 radical (unpaired) electrons. The third-order valence-electron chi connectivity index (χ3n) is 3.56. The first-order valence-corrected chi connectivity index (χ1v) is 8.04. The van der Waals surface area contributed by atoms with E-state index in [2.05, 4.69) is 10.3 Å². The standard InChI is InChI=1S/C17H15FN2O3S/c1-23-10-6-7-14-13(8-10)20-15(24-14)9-19-16(17(21)22)11-4-2-3-5-12(11)18/h2-8,16,19H,9H2,1H3,(H,21,22). The van der Waals surface area contributed by atoms with E-state index in [1.807, 2.05) is 18.2 Å². The van der Waals surface area contributed by atoms with Crippen molar-refractivity contribution in [1.29, 1.82) is 0 Å². The number of benzene rings is 2. The first kappa shape index (κ1) is 16.4. The molecule has 1 aromatic heterocycles. The van der Waals surface area contributed by atoms with Gasteiger partial charge >= 0.3 is 5.97 Å². The van der Waals surface area contributed by atoms with Gasteiger partial charge in [-0.1, -0.05) is 18.2 Å². The Morgan fingerprint density at radius 3 is 2.88 bits per heavy atom. The predicted octanol–water partition coefficient (Wildman–Crippen LogP) is 3.36. The van der Waals surface area contributed by atoms with E-state index in [-0.39, 0.29) is 12.1 Å². The summed E-state index contributed by atoms with van der Waals surface area (Å²) in [5.74, 6) is -0.976. The van der Waals surface area contributed by atoms with Crippen molar-refractivity contribution in [2.75, 3.05) is 7.11 Å². The van der Waals surface area contributed by atoms with Gasteiger partial charge in [0.2, 0.25) is 0 Å². The summed E-state index contributed by atoms with van der Waals surface area (Å²) in [6, 6.07) is 10.3. The van der Waals surface area contributed by atoms with Gasteiger partial charge in [0.15, 0.2) is 0 Å². The van der Waals surface area contributed by atoms with Crippen LogP contribution in [0.4, 0.5) is 4.39 Å². The highest BCUT2D eigenvalue weighted by Gasteiger charge is 2.22. The van der Waals surface area contributed by atoms with Crippen molar-refractivity contribution >= 4 is 27.5 Å². The number of nitrogens with one attached hydrogen (secondary N) is 1. The van der Waals surface area contributed by atoms with E-state index in [0.717, 1.165) is 15.2 Å². The van der Waals surface area contributed by atoms with Crippen LogP contribution in [0.3, 0.4) is 0 Å². The number of aliphatic carboxylic acids is 1. The Morgan fingerprint density at radius 2 is 2.17 bits per heavy atom. The molecule has 0 amide bonds.